The van der Waals surface area contributed by atoms with Crippen LogP contribution in [0.2, 0.25) is 0 Å². The van der Waals surface area contributed by atoms with E-state index in [4.69, 9.17) is 9.47 Å². The van der Waals surface area contributed by atoms with E-state index in [0.29, 0.717) is 11.5 Å². The van der Waals surface area contributed by atoms with E-state index in [1.165, 1.54) is 11.1 Å². The number of halogens is 1. The van der Waals surface area contributed by atoms with Crippen LogP contribution in [0.15, 0.2) is 39.9 Å². The van der Waals surface area contributed by atoms with Gasteiger partial charge < -0.3 is 9.47 Å². The molecule has 0 radical (unpaired) electrons. The maximum atomic E-state index is 5.31. The van der Waals surface area contributed by atoms with Gasteiger partial charge in [-0.05, 0) is 70.7 Å². The number of methoxy groups -OCH3 is 2. The summed E-state index contributed by atoms with van der Waals surface area (Å²) in [4.78, 5) is 0. The topological polar surface area (TPSA) is 42.8 Å². The van der Waals surface area contributed by atoms with Crippen molar-refractivity contribution in [2.45, 2.75) is 13.8 Å². The smallest absolute Gasteiger partial charge is 0.174 e. The van der Waals surface area contributed by atoms with Crippen LogP contribution in [0.1, 0.15) is 16.7 Å². The van der Waals surface area contributed by atoms with Crippen LogP contribution in [0.5, 0.6) is 11.5 Å². The second kappa shape index (κ2) is 7.31. The van der Waals surface area contributed by atoms with E-state index in [1.807, 2.05) is 18.2 Å². The van der Waals surface area contributed by atoms with Crippen LogP contribution in [0, 0.1) is 13.8 Å². The summed E-state index contributed by atoms with van der Waals surface area (Å²) in [5.41, 5.74) is 7.38. The molecule has 116 valence electrons. The molecule has 4 nitrogen and oxygen atoms in total. The number of hydrogen-bond donors (Lipinski definition) is 1. The summed E-state index contributed by atoms with van der Waals surface area (Å²) in [5, 5.41) is 4.26. The third kappa shape index (κ3) is 3.80. The van der Waals surface area contributed by atoms with Crippen LogP contribution < -0.4 is 14.9 Å². The molecule has 0 aliphatic rings. The Morgan fingerprint density at radius 3 is 2.45 bits per heavy atom. The molecule has 2 aromatic carbocycles. The van der Waals surface area contributed by atoms with Crippen molar-refractivity contribution in [3.05, 3.63) is 51.5 Å². The second-order valence-corrected chi connectivity index (χ2v) is 5.76. The van der Waals surface area contributed by atoms with Gasteiger partial charge in [0.2, 0.25) is 0 Å². The standard InChI is InChI=1S/C17H19BrN2O2/c1-11-5-6-14(7-12(11)2)20-19-10-13-8-15(18)17(22-4)16(9-13)21-3/h5-10,20H,1-4H3/b19-10+. The maximum Gasteiger partial charge on any atom is 0.174 e. The predicted molar refractivity (Wildman–Crippen MR) is 94.4 cm³/mol. The summed E-state index contributed by atoms with van der Waals surface area (Å²) < 4.78 is 11.4. The van der Waals surface area contributed by atoms with Gasteiger partial charge in [-0.3, -0.25) is 5.43 Å². The van der Waals surface area contributed by atoms with Gasteiger partial charge in [0, 0.05) is 0 Å². The fraction of sp³-hybridized carbons (Fsp3) is 0.235. The van der Waals surface area contributed by atoms with Gasteiger partial charge in [-0.15, -0.1) is 0 Å². The lowest BCUT2D eigenvalue weighted by Crippen LogP contribution is -1.95. The third-order valence-electron chi connectivity index (χ3n) is 3.37. The average molecular weight is 363 g/mol. The van der Waals surface area contributed by atoms with Crippen molar-refractivity contribution in [1.29, 1.82) is 0 Å². The molecule has 1 N–H and O–H groups in total. The molecule has 0 spiro atoms. The summed E-state index contributed by atoms with van der Waals surface area (Å²) in [7, 11) is 3.22. The fourth-order valence-corrected chi connectivity index (χ4v) is 2.63. The minimum Gasteiger partial charge on any atom is -0.493 e. The lowest BCUT2D eigenvalue weighted by Gasteiger charge is -2.10. The van der Waals surface area contributed by atoms with Crippen molar-refractivity contribution < 1.29 is 9.47 Å². The van der Waals surface area contributed by atoms with Gasteiger partial charge in [-0.25, -0.2) is 0 Å². The van der Waals surface area contributed by atoms with Crippen molar-refractivity contribution in [2.75, 3.05) is 19.6 Å². The zero-order chi connectivity index (χ0) is 16.1. The zero-order valence-corrected chi connectivity index (χ0v) is 14.7. The van der Waals surface area contributed by atoms with Gasteiger partial charge in [0.05, 0.1) is 30.6 Å². The van der Waals surface area contributed by atoms with Crippen molar-refractivity contribution >= 4 is 27.8 Å². The molecule has 0 heterocycles. The van der Waals surface area contributed by atoms with E-state index in [2.05, 4.69) is 52.4 Å². The number of nitrogens with zero attached hydrogens (tertiary/aromatic N) is 1. The Hall–Kier alpha value is -2.01. The molecule has 0 amide bonds. The van der Waals surface area contributed by atoms with Crippen molar-refractivity contribution in [2.24, 2.45) is 5.10 Å². The Morgan fingerprint density at radius 1 is 1.05 bits per heavy atom. The van der Waals surface area contributed by atoms with Gasteiger partial charge in [0.1, 0.15) is 0 Å². The summed E-state index contributed by atoms with van der Waals surface area (Å²) in [6.45, 7) is 4.17. The van der Waals surface area contributed by atoms with Crippen LogP contribution in [0.25, 0.3) is 0 Å². The highest BCUT2D eigenvalue weighted by molar-refractivity contribution is 9.10. The average Bonchev–Trinajstić information content (AvgIpc) is 2.50. The third-order valence-corrected chi connectivity index (χ3v) is 3.96. The van der Waals surface area contributed by atoms with E-state index in [-0.39, 0.29) is 0 Å². The first-order valence-electron chi connectivity index (χ1n) is 6.83. The van der Waals surface area contributed by atoms with Gasteiger partial charge in [0.15, 0.2) is 11.5 Å². The first-order valence-corrected chi connectivity index (χ1v) is 7.62. The number of rotatable bonds is 5. The SMILES string of the molecule is COc1cc(/C=N/Nc2ccc(C)c(C)c2)cc(Br)c1OC. The molecular formula is C17H19BrN2O2. The maximum absolute atomic E-state index is 5.31. The van der Waals surface area contributed by atoms with Gasteiger partial charge in [0.25, 0.3) is 0 Å². The van der Waals surface area contributed by atoms with Crippen LogP contribution in [-0.4, -0.2) is 20.4 Å². The molecule has 22 heavy (non-hydrogen) atoms. The number of hydrazone groups is 1. The molecule has 0 aliphatic carbocycles. The second-order valence-electron chi connectivity index (χ2n) is 4.91. The molecule has 0 aromatic heterocycles. The Bertz CT molecular complexity index is 699. The molecule has 0 saturated heterocycles. The molecule has 5 heteroatoms. The summed E-state index contributed by atoms with van der Waals surface area (Å²) in [6.07, 6.45) is 1.74. The minimum absolute atomic E-state index is 0.657. The zero-order valence-electron chi connectivity index (χ0n) is 13.1. The van der Waals surface area contributed by atoms with E-state index in [9.17, 15) is 0 Å². The Balaban J connectivity index is 2.16. The lowest BCUT2D eigenvalue weighted by molar-refractivity contribution is 0.353. The monoisotopic (exact) mass is 362 g/mol. The number of hydrogen-bond acceptors (Lipinski definition) is 4. The molecule has 0 bridgehead atoms. The minimum atomic E-state index is 0.657. The Kier molecular flexibility index (Phi) is 5.44. The molecule has 0 unspecified atom stereocenters. The van der Waals surface area contributed by atoms with Gasteiger partial charge in [-0.2, -0.15) is 5.10 Å². The Morgan fingerprint density at radius 2 is 1.82 bits per heavy atom. The Labute approximate surface area is 139 Å². The van der Waals surface area contributed by atoms with E-state index < -0.39 is 0 Å². The number of aryl methyl sites for hydroxylation is 2. The summed E-state index contributed by atoms with van der Waals surface area (Å²) in [5.74, 6) is 1.33. The molecule has 0 atom stereocenters. The highest BCUT2D eigenvalue weighted by Gasteiger charge is 2.09. The first-order chi connectivity index (χ1) is 10.5. The number of benzene rings is 2. The molecular weight excluding hydrogens is 344 g/mol. The summed E-state index contributed by atoms with van der Waals surface area (Å²) in [6, 6.07) is 9.93. The fourth-order valence-electron chi connectivity index (χ4n) is 2.00. The number of ether oxygens (including phenoxy) is 2. The first kappa shape index (κ1) is 16.4. The highest BCUT2D eigenvalue weighted by atomic mass is 79.9. The molecule has 0 aliphatic heterocycles. The molecule has 2 aromatic rings. The molecule has 2 rings (SSSR count). The number of anilines is 1. The van der Waals surface area contributed by atoms with Gasteiger partial charge >= 0.3 is 0 Å². The van der Waals surface area contributed by atoms with Crippen LogP contribution >= 0.6 is 15.9 Å². The number of nitrogens with one attached hydrogen (secondary N) is 1. The van der Waals surface area contributed by atoms with Crippen LogP contribution in [0.4, 0.5) is 5.69 Å². The highest BCUT2D eigenvalue weighted by Crippen LogP contribution is 2.35. The normalized spacial score (nSPS) is 10.8. The lowest BCUT2D eigenvalue weighted by atomic mass is 10.1. The van der Waals surface area contributed by atoms with Crippen molar-refractivity contribution in [3.63, 3.8) is 0 Å². The van der Waals surface area contributed by atoms with Crippen molar-refractivity contribution in [3.8, 4) is 11.5 Å². The van der Waals surface area contributed by atoms with Crippen LogP contribution in [0.3, 0.4) is 0 Å². The largest absolute Gasteiger partial charge is 0.493 e. The van der Waals surface area contributed by atoms with Crippen LogP contribution in [-0.2, 0) is 0 Å². The quantitative estimate of drug-likeness (QED) is 0.627. The summed E-state index contributed by atoms with van der Waals surface area (Å²) >= 11 is 3.47. The van der Waals surface area contributed by atoms with E-state index >= 15 is 0 Å². The predicted octanol–water partition coefficient (Wildman–Crippen LogP) is 4.53. The van der Waals surface area contributed by atoms with Gasteiger partial charge in [-0.1, -0.05) is 6.07 Å². The van der Waals surface area contributed by atoms with E-state index in [1.54, 1.807) is 20.4 Å². The van der Waals surface area contributed by atoms with E-state index in [0.717, 1.165) is 15.7 Å². The molecule has 0 saturated carbocycles. The molecule has 0 fully saturated rings. The van der Waals surface area contributed by atoms with Crippen molar-refractivity contribution in [1.82, 2.24) is 0 Å².